The Hall–Kier alpha value is -1.39. The third-order valence-corrected chi connectivity index (χ3v) is 1.58. The number of nitrogens with zero attached hydrogens (tertiary/aromatic N) is 3. The highest BCUT2D eigenvalue weighted by molar-refractivity contribution is 5.89. The number of rotatable bonds is 3. The van der Waals surface area contributed by atoms with E-state index in [1.807, 2.05) is 13.8 Å². The fourth-order valence-corrected chi connectivity index (χ4v) is 0.968. The summed E-state index contributed by atoms with van der Waals surface area (Å²) < 4.78 is 1.53. The lowest BCUT2D eigenvalue weighted by atomic mass is 10.1. The summed E-state index contributed by atoms with van der Waals surface area (Å²) in [4.78, 5) is 11.3. The second-order valence-electron chi connectivity index (χ2n) is 3.39. The van der Waals surface area contributed by atoms with Crippen LogP contribution in [0, 0.1) is 5.92 Å². The molecule has 1 amide bonds. The Morgan fingerprint density at radius 1 is 1.69 bits per heavy atom. The van der Waals surface area contributed by atoms with Gasteiger partial charge in [-0.2, -0.15) is 0 Å². The lowest BCUT2D eigenvalue weighted by molar-refractivity contribution is -0.116. The van der Waals surface area contributed by atoms with Gasteiger partial charge in [0.1, 0.15) is 0 Å². The minimum absolute atomic E-state index is 0.000370. The van der Waals surface area contributed by atoms with Gasteiger partial charge in [0.05, 0.1) is 6.20 Å². The fourth-order valence-electron chi connectivity index (χ4n) is 0.968. The maximum atomic E-state index is 11.3. The van der Waals surface area contributed by atoms with Crippen molar-refractivity contribution in [3.8, 4) is 0 Å². The minimum atomic E-state index is 0.000370. The molecule has 72 valence electrons. The smallest absolute Gasteiger partial charge is 0.225 e. The van der Waals surface area contributed by atoms with Crippen molar-refractivity contribution in [2.45, 2.75) is 20.3 Å². The number of hydrogen-bond donors (Lipinski definition) is 1. The van der Waals surface area contributed by atoms with E-state index < -0.39 is 0 Å². The van der Waals surface area contributed by atoms with Crippen LogP contribution in [0.5, 0.6) is 0 Å². The molecule has 0 atom stereocenters. The Balaban J connectivity index is 2.50. The number of anilines is 1. The molecule has 5 nitrogen and oxygen atoms in total. The van der Waals surface area contributed by atoms with Gasteiger partial charge in [-0.05, 0) is 5.92 Å². The van der Waals surface area contributed by atoms with Gasteiger partial charge in [0.15, 0.2) is 5.82 Å². The number of hydrogen-bond acceptors (Lipinski definition) is 3. The van der Waals surface area contributed by atoms with Gasteiger partial charge in [-0.25, -0.2) is 4.68 Å². The van der Waals surface area contributed by atoms with Gasteiger partial charge < -0.3 is 5.32 Å². The first-order valence-electron chi connectivity index (χ1n) is 4.24. The van der Waals surface area contributed by atoms with Crippen LogP contribution in [0.25, 0.3) is 0 Å². The Labute approximate surface area is 77.1 Å². The van der Waals surface area contributed by atoms with Gasteiger partial charge in [-0.1, -0.05) is 19.1 Å². The van der Waals surface area contributed by atoms with Crippen molar-refractivity contribution >= 4 is 11.7 Å². The summed E-state index contributed by atoms with van der Waals surface area (Å²) in [6, 6.07) is 0. The molecule has 0 aromatic carbocycles. The molecule has 0 saturated heterocycles. The van der Waals surface area contributed by atoms with Gasteiger partial charge in [0.25, 0.3) is 0 Å². The Morgan fingerprint density at radius 2 is 2.38 bits per heavy atom. The van der Waals surface area contributed by atoms with E-state index in [0.29, 0.717) is 18.2 Å². The fraction of sp³-hybridized carbons (Fsp3) is 0.625. The summed E-state index contributed by atoms with van der Waals surface area (Å²) in [6.45, 7) is 4.00. The molecule has 0 fully saturated rings. The van der Waals surface area contributed by atoms with E-state index >= 15 is 0 Å². The quantitative estimate of drug-likeness (QED) is 0.752. The number of nitrogens with one attached hydrogen (secondary N) is 1. The van der Waals surface area contributed by atoms with E-state index in [1.165, 1.54) is 10.9 Å². The summed E-state index contributed by atoms with van der Waals surface area (Å²) in [5, 5.41) is 10.1. The Kier molecular flexibility index (Phi) is 3.00. The van der Waals surface area contributed by atoms with Crippen LogP contribution in [-0.2, 0) is 11.8 Å². The summed E-state index contributed by atoms with van der Waals surface area (Å²) in [5.41, 5.74) is 0. The number of aryl methyl sites for hydroxylation is 1. The highest BCUT2D eigenvalue weighted by atomic mass is 16.1. The lowest BCUT2D eigenvalue weighted by Gasteiger charge is -2.05. The summed E-state index contributed by atoms with van der Waals surface area (Å²) in [5.74, 6) is 0.993. The minimum Gasteiger partial charge on any atom is -0.310 e. The molecule has 5 heteroatoms. The molecule has 0 aliphatic heterocycles. The van der Waals surface area contributed by atoms with Crippen molar-refractivity contribution in [1.29, 1.82) is 0 Å². The summed E-state index contributed by atoms with van der Waals surface area (Å²) >= 11 is 0. The van der Waals surface area contributed by atoms with Crippen molar-refractivity contribution in [1.82, 2.24) is 15.0 Å². The molecule has 0 unspecified atom stereocenters. The molecule has 0 radical (unpaired) electrons. The van der Waals surface area contributed by atoms with E-state index in [0.717, 1.165) is 0 Å². The van der Waals surface area contributed by atoms with Crippen LogP contribution in [-0.4, -0.2) is 20.9 Å². The maximum absolute atomic E-state index is 11.3. The molecule has 0 aliphatic rings. The van der Waals surface area contributed by atoms with Crippen LogP contribution in [0.2, 0.25) is 0 Å². The monoisotopic (exact) mass is 182 g/mol. The predicted molar refractivity (Wildman–Crippen MR) is 49.1 cm³/mol. The molecular weight excluding hydrogens is 168 g/mol. The van der Waals surface area contributed by atoms with E-state index in [9.17, 15) is 4.79 Å². The van der Waals surface area contributed by atoms with Crippen LogP contribution in [0.4, 0.5) is 5.82 Å². The van der Waals surface area contributed by atoms with Gasteiger partial charge in [-0.15, -0.1) is 5.10 Å². The average molecular weight is 182 g/mol. The van der Waals surface area contributed by atoms with Gasteiger partial charge in [-0.3, -0.25) is 4.79 Å². The molecule has 1 heterocycles. The number of carbonyl (C=O) groups is 1. The highest BCUT2D eigenvalue weighted by Crippen LogP contribution is 2.05. The highest BCUT2D eigenvalue weighted by Gasteiger charge is 2.07. The topological polar surface area (TPSA) is 59.8 Å². The zero-order valence-electron chi connectivity index (χ0n) is 8.11. The summed E-state index contributed by atoms with van der Waals surface area (Å²) in [6.07, 6.45) is 2.05. The second kappa shape index (κ2) is 4.02. The lowest BCUT2D eigenvalue weighted by Crippen LogP contribution is -2.16. The Bertz CT molecular complexity index is 292. The molecule has 0 aliphatic carbocycles. The Morgan fingerprint density at radius 3 is 2.85 bits per heavy atom. The van der Waals surface area contributed by atoms with Crippen molar-refractivity contribution in [3.63, 3.8) is 0 Å². The first kappa shape index (κ1) is 9.70. The molecule has 1 rings (SSSR count). The molecule has 0 spiro atoms. The molecule has 1 aromatic rings. The third kappa shape index (κ3) is 2.85. The van der Waals surface area contributed by atoms with Crippen LogP contribution in [0.3, 0.4) is 0 Å². The molecule has 0 bridgehead atoms. The van der Waals surface area contributed by atoms with Crippen molar-refractivity contribution < 1.29 is 4.79 Å². The van der Waals surface area contributed by atoms with Crippen LogP contribution < -0.4 is 5.32 Å². The third-order valence-electron chi connectivity index (χ3n) is 1.58. The molecule has 0 saturated carbocycles. The van der Waals surface area contributed by atoms with Crippen LogP contribution >= 0.6 is 0 Å². The molecular formula is C8H14N4O. The standard InChI is InChI=1S/C8H14N4O/c1-6(2)4-8(13)10-7-5-9-11-12(7)3/h5-6H,4H2,1-3H3,(H,10,13). The van der Waals surface area contributed by atoms with Crippen molar-refractivity contribution in [2.24, 2.45) is 13.0 Å². The van der Waals surface area contributed by atoms with Gasteiger partial charge >= 0.3 is 0 Å². The molecule has 1 aromatic heterocycles. The normalized spacial score (nSPS) is 10.5. The largest absolute Gasteiger partial charge is 0.310 e. The number of carbonyl (C=O) groups excluding carboxylic acids is 1. The number of aromatic nitrogens is 3. The van der Waals surface area contributed by atoms with Crippen molar-refractivity contribution in [2.75, 3.05) is 5.32 Å². The van der Waals surface area contributed by atoms with E-state index in [2.05, 4.69) is 15.6 Å². The van der Waals surface area contributed by atoms with E-state index in [4.69, 9.17) is 0 Å². The molecule has 1 N–H and O–H groups in total. The first-order chi connectivity index (χ1) is 6.09. The van der Waals surface area contributed by atoms with Gasteiger partial charge in [0, 0.05) is 13.5 Å². The SMILES string of the molecule is CC(C)CC(=O)Nc1cnnn1C. The predicted octanol–water partition coefficient (Wildman–Crippen LogP) is 0.800. The van der Waals surface area contributed by atoms with Crippen LogP contribution in [0.15, 0.2) is 6.20 Å². The zero-order chi connectivity index (χ0) is 9.84. The number of amides is 1. The first-order valence-corrected chi connectivity index (χ1v) is 4.24. The zero-order valence-corrected chi connectivity index (χ0v) is 8.11. The van der Waals surface area contributed by atoms with E-state index in [-0.39, 0.29) is 5.91 Å². The van der Waals surface area contributed by atoms with Gasteiger partial charge in [0.2, 0.25) is 5.91 Å². The summed E-state index contributed by atoms with van der Waals surface area (Å²) in [7, 11) is 1.73. The molecule has 13 heavy (non-hydrogen) atoms. The van der Waals surface area contributed by atoms with Crippen molar-refractivity contribution in [3.05, 3.63) is 6.20 Å². The maximum Gasteiger partial charge on any atom is 0.225 e. The van der Waals surface area contributed by atoms with Crippen LogP contribution in [0.1, 0.15) is 20.3 Å². The second-order valence-corrected chi connectivity index (χ2v) is 3.39. The average Bonchev–Trinajstić information content (AvgIpc) is 2.34. The van der Waals surface area contributed by atoms with E-state index in [1.54, 1.807) is 7.05 Å².